The van der Waals surface area contributed by atoms with Crippen LogP contribution < -0.4 is 10.9 Å². The highest BCUT2D eigenvalue weighted by Gasteiger charge is 2.23. The third-order valence-electron chi connectivity index (χ3n) is 4.30. The Hall–Kier alpha value is -3.20. The molecule has 0 fully saturated rings. The van der Waals surface area contributed by atoms with Crippen LogP contribution in [0, 0.1) is 10.1 Å². The molecule has 9 heteroatoms. The van der Waals surface area contributed by atoms with Gasteiger partial charge in [0.25, 0.3) is 11.2 Å². The van der Waals surface area contributed by atoms with Crippen LogP contribution >= 0.6 is 11.8 Å². The number of aromatic nitrogens is 2. The van der Waals surface area contributed by atoms with Crippen molar-refractivity contribution in [2.45, 2.75) is 37.2 Å². The number of anilines is 1. The number of amides is 1. The first-order chi connectivity index (χ1) is 13.8. The fourth-order valence-electron chi connectivity index (χ4n) is 2.85. The van der Waals surface area contributed by atoms with Crippen molar-refractivity contribution in [1.29, 1.82) is 0 Å². The van der Waals surface area contributed by atoms with Crippen LogP contribution in [-0.2, 0) is 4.79 Å². The third kappa shape index (κ3) is 4.29. The molecule has 1 atom stereocenters. The first-order valence-electron chi connectivity index (χ1n) is 9.01. The van der Waals surface area contributed by atoms with Gasteiger partial charge in [0.1, 0.15) is 5.69 Å². The molecule has 3 rings (SSSR count). The number of hydrogen-bond acceptors (Lipinski definition) is 6. The highest BCUT2D eigenvalue weighted by atomic mass is 32.2. The van der Waals surface area contributed by atoms with E-state index >= 15 is 0 Å². The number of hydrogen-bond donors (Lipinski definition) is 1. The predicted molar refractivity (Wildman–Crippen MR) is 113 cm³/mol. The Balaban J connectivity index is 1.91. The molecule has 0 aliphatic carbocycles. The van der Waals surface area contributed by atoms with E-state index in [-0.39, 0.29) is 23.0 Å². The molecule has 2 aromatic carbocycles. The summed E-state index contributed by atoms with van der Waals surface area (Å²) < 4.78 is 1.56. The summed E-state index contributed by atoms with van der Waals surface area (Å²) in [5.74, 6) is -0.415. The van der Waals surface area contributed by atoms with E-state index in [0.717, 1.165) is 11.8 Å². The predicted octanol–water partition coefficient (Wildman–Crippen LogP) is 4.00. The topological polar surface area (TPSA) is 107 Å². The number of para-hydroxylation sites is 3. The Bertz CT molecular complexity index is 1140. The second-order valence-corrected chi connectivity index (χ2v) is 8.01. The number of carbonyl (C=O) groups is 1. The van der Waals surface area contributed by atoms with E-state index in [2.05, 4.69) is 10.3 Å². The molecule has 150 valence electrons. The molecular weight excluding hydrogens is 392 g/mol. The van der Waals surface area contributed by atoms with Gasteiger partial charge in [-0.2, -0.15) is 0 Å². The van der Waals surface area contributed by atoms with Crippen molar-refractivity contribution in [1.82, 2.24) is 9.55 Å². The van der Waals surface area contributed by atoms with Crippen LogP contribution in [0.15, 0.2) is 58.5 Å². The lowest BCUT2D eigenvalue weighted by atomic mass is 10.2. The zero-order valence-corrected chi connectivity index (χ0v) is 17.0. The van der Waals surface area contributed by atoms with Crippen molar-refractivity contribution >= 4 is 39.9 Å². The number of benzene rings is 2. The molecular formula is C20H20N4O4S. The summed E-state index contributed by atoms with van der Waals surface area (Å²) in [6, 6.07) is 12.9. The largest absolute Gasteiger partial charge is 0.319 e. The van der Waals surface area contributed by atoms with Gasteiger partial charge in [0.15, 0.2) is 5.16 Å². The van der Waals surface area contributed by atoms with Gasteiger partial charge in [0.2, 0.25) is 5.91 Å². The zero-order chi connectivity index (χ0) is 21.1. The van der Waals surface area contributed by atoms with Crippen LogP contribution in [0.1, 0.15) is 26.8 Å². The van der Waals surface area contributed by atoms with E-state index in [9.17, 15) is 19.7 Å². The van der Waals surface area contributed by atoms with Crippen molar-refractivity contribution < 1.29 is 9.72 Å². The molecule has 0 saturated heterocycles. The van der Waals surface area contributed by atoms with E-state index in [4.69, 9.17) is 0 Å². The molecule has 0 aliphatic rings. The number of nitrogens with one attached hydrogen (secondary N) is 1. The number of thioether (sulfide) groups is 1. The van der Waals surface area contributed by atoms with Gasteiger partial charge in [0, 0.05) is 12.1 Å². The maximum Gasteiger partial charge on any atom is 0.292 e. The summed E-state index contributed by atoms with van der Waals surface area (Å²) in [7, 11) is 0. The van der Waals surface area contributed by atoms with Gasteiger partial charge >= 0.3 is 0 Å². The van der Waals surface area contributed by atoms with Gasteiger partial charge in [-0.05, 0) is 39.0 Å². The third-order valence-corrected chi connectivity index (χ3v) is 5.37. The van der Waals surface area contributed by atoms with Crippen LogP contribution in [0.25, 0.3) is 10.9 Å². The number of nitro benzene ring substituents is 1. The van der Waals surface area contributed by atoms with Crippen molar-refractivity contribution in [3.8, 4) is 0 Å². The Kier molecular flexibility index (Phi) is 5.97. The van der Waals surface area contributed by atoms with E-state index in [1.54, 1.807) is 41.8 Å². The lowest BCUT2D eigenvalue weighted by Crippen LogP contribution is -2.28. The van der Waals surface area contributed by atoms with Crippen molar-refractivity contribution in [2.75, 3.05) is 5.32 Å². The normalized spacial score (nSPS) is 12.1. The SMILES string of the molecule is CC(Sc1nc2ccccc2c(=O)n1C(C)C)C(=O)Nc1ccccc1[N+](=O)[O-]. The van der Waals surface area contributed by atoms with Crippen molar-refractivity contribution in [3.05, 3.63) is 69.0 Å². The summed E-state index contributed by atoms with van der Waals surface area (Å²) in [6.45, 7) is 5.42. The first-order valence-corrected chi connectivity index (χ1v) is 9.89. The maximum atomic E-state index is 12.9. The highest BCUT2D eigenvalue weighted by Crippen LogP contribution is 2.28. The molecule has 8 nitrogen and oxygen atoms in total. The smallest absolute Gasteiger partial charge is 0.292 e. The van der Waals surface area contributed by atoms with Gasteiger partial charge in [-0.3, -0.25) is 24.3 Å². The summed E-state index contributed by atoms with van der Waals surface area (Å²) in [5.41, 5.74) is 0.339. The molecule has 1 heterocycles. The maximum absolute atomic E-state index is 12.9. The molecule has 1 amide bonds. The standard InChI is InChI=1S/C20H20N4O4S/c1-12(2)23-19(26)14-8-4-5-9-15(14)22-20(23)29-13(3)18(25)21-16-10-6-7-11-17(16)24(27)28/h4-13H,1-3H3,(H,21,25). The van der Waals surface area contributed by atoms with Gasteiger partial charge in [-0.25, -0.2) is 4.98 Å². The molecule has 0 spiro atoms. The average Bonchev–Trinajstić information content (AvgIpc) is 2.68. The Morgan fingerprint density at radius 1 is 1.14 bits per heavy atom. The van der Waals surface area contributed by atoms with Crippen molar-refractivity contribution in [2.24, 2.45) is 0 Å². The second kappa shape index (κ2) is 8.44. The van der Waals surface area contributed by atoms with Gasteiger partial charge in [-0.1, -0.05) is 36.0 Å². The number of rotatable bonds is 6. The summed E-state index contributed by atoms with van der Waals surface area (Å²) in [5, 5.41) is 14.1. The lowest BCUT2D eigenvalue weighted by Gasteiger charge is -2.18. The molecule has 0 radical (unpaired) electrons. The zero-order valence-electron chi connectivity index (χ0n) is 16.2. The van der Waals surface area contributed by atoms with Crippen molar-refractivity contribution in [3.63, 3.8) is 0 Å². The van der Waals surface area contributed by atoms with Crippen LogP contribution in [-0.4, -0.2) is 25.6 Å². The number of fused-ring (bicyclic) bond motifs is 1. The number of carbonyl (C=O) groups excluding carboxylic acids is 1. The first kappa shape index (κ1) is 20.5. The van der Waals surface area contributed by atoms with E-state index in [0.29, 0.717) is 16.1 Å². The molecule has 3 aromatic rings. The minimum absolute atomic E-state index is 0.127. The molecule has 1 unspecified atom stereocenters. The lowest BCUT2D eigenvalue weighted by molar-refractivity contribution is -0.383. The molecule has 1 N–H and O–H groups in total. The second-order valence-electron chi connectivity index (χ2n) is 6.70. The summed E-state index contributed by atoms with van der Waals surface area (Å²) in [4.78, 5) is 40.7. The Labute approximate surface area is 171 Å². The molecule has 0 saturated carbocycles. The van der Waals surface area contributed by atoms with E-state index in [1.165, 1.54) is 18.2 Å². The van der Waals surface area contributed by atoms with Gasteiger partial charge < -0.3 is 5.32 Å². The van der Waals surface area contributed by atoms with E-state index < -0.39 is 16.1 Å². The molecule has 0 aliphatic heterocycles. The van der Waals surface area contributed by atoms with Crippen LogP contribution in [0.3, 0.4) is 0 Å². The fraction of sp³-hybridized carbons (Fsp3) is 0.250. The molecule has 0 bridgehead atoms. The monoisotopic (exact) mass is 412 g/mol. The average molecular weight is 412 g/mol. The Morgan fingerprint density at radius 3 is 2.48 bits per heavy atom. The van der Waals surface area contributed by atoms with Gasteiger partial charge in [-0.15, -0.1) is 0 Å². The molecule has 29 heavy (non-hydrogen) atoms. The number of nitrogens with zero attached hydrogens (tertiary/aromatic N) is 3. The highest BCUT2D eigenvalue weighted by molar-refractivity contribution is 8.00. The Morgan fingerprint density at radius 2 is 1.79 bits per heavy atom. The van der Waals surface area contributed by atoms with Crippen LogP contribution in [0.4, 0.5) is 11.4 Å². The minimum atomic E-state index is -0.632. The van der Waals surface area contributed by atoms with Crippen LogP contribution in [0.2, 0.25) is 0 Å². The summed E-state index contributed by atoms with van der Waals surface area (Å²) in [6.07, 6.45) is 0. The summed E-state index contributed by atoms with van der Waals surface area (Å²) >= 11 is 1.14. The van der Waals surface area contributed by atoms with E-state index in [1.807, 2.05) is 13.8 Å². The van der Waals surface area contributed by atoms with Gasteiger partial charge in [0.05, 0.1) is 21.1 Å². The number of nitro groups is 1. The van der Waals surface area contributed by atoms with Crippen LogP contribution in [0.5, 0.6) is 0 Å². The quantitative estimate of drug-likeness (QED) is 0.284. The molecule has 1 aromatic heterocycles. The fourth-order valence-corrected chi connectivity index (χ4v) is 3.89. The minimum Gasteiger partial charge on any atom is -0.319 e.